The molecule has 0 aliphatic carbocycles. The molecule has 1 aliphatic rings. The highest BCUT2D eigenvalue weighted by molar-refractivity contribution is 7.89. The summed E-state index contributed by atoms with van der Waals surface area (Å²) < 4.78 is 29.1. The second-order valence-corrected chi connectivity index (χ2v) is 10.1. The topological polar surface area (TPSA) is 83.8 Å². The van der Waals surface area contributed by atoms with Crippen LogP contribution in [0.4, 0.5) is 5.82 Å². The van der Waals surface area contributed by atoms with Crippen LogP contribution in [0.25, 0.3) is 16.2 Å². The zero-order valence-corrected chi connectivity index (χ0v) is 18.2. The molecule has 9 heteroatoms. The molecule has 1 amide bonds. The van der Waals surface area contributed by atoms with Crippen molar-refractivity contribution in [2.24, 2.45) is 0 Å². The van der Waals surface area contributed by atoms with Crippen molar-refractivity contribution in [2.75, 3.05) is 18.4 Å². The van der Waals surface area contributed by atoms with E-state index in [2.05, 4.69) is 10.3 Å². The Kier molecular flexibility index (Phi) is 5.09. The number of aromatic nitrogens is 2. The van der Waals surface area contributed by atoms with E-state index in [0.29, 0.717) is 24.6 Å². The third kappa shape index (κ3) is 3.65. The van der Waals surface area contributed by atoms with Gasteiger partial charge in [0.1, 0.15) is 11.5 Å². The number of imidazole rings is 1. The van der Waals surface area contributed by atoms with Crippen LogP contribution in [0.15, 0.2) is 71.1 Å². The molecule has 1 aliphatic heterocycles. The van der Waals surface area contributed by atoms with Gasteiger partial charge < -0.3 is 5.32 Å². The molecule has 2 aromatic heterocycles. The van der Waals surface area contributed by atoms with E-state index in [1.165, 1.54) is 27.8 Å². The fraction of sp³-hybridized carbons (Fsp3) is 0.182. The summed E-state index contributed by atoms with van der Waals surface area (Å²) in [5.41, 5.74) is 1.84. The van der Waals surface area contributed by atoms with Crippen molar-refractivity contribution < 1.29 is 13.2 Å². The first kappa shape index (κ1) is 19.9. The second kappa shape index (κ2) is 7.92. The summed E-state index contributed by atoms with van der Waals surface area (Å²) in [6.07, 6.45) is 3.57. The van der Waals surface area contributed by atoms with Gasteiger partial charge in [-0.15, -0.1) is 11.3 Å². The van der Waals surface area contributed by atoms with Gasteiger partial charge in [-0.25, -0.2) is 13.4 Å². The average Bonchev–Trinajstić information content (AvgIpc) is 3.54. The molecule has 4 aromatic rings. The lowest BCUT2D eigenvalue weighted by atomic mass is 10.1. The second-order valence-electron chi connectivity index (χ2n) is 7.32. The van der Waals surface area contributed by atoms with Gasteiger partial charge in [0.05, 0.1) is 4.90 Å². The van der Waals surface area contributed by atoms with Crippen LogP contribution in [0.1, 0.15) is 23.2 Å². The number of carbonyl (C=O) groups is 1. The smallest absolute Gasteiger partial charge is 0.256 e. The maximum absolute atomic E-state index is 13.1. The molecule has 0 saturated carbocycles. The summed E-state index contributed by atoms with van der Waals surface area (Å²) in [6, 6.07) is 15.8. The number of hydrogen-bond acceptors (Lipinski definition) is 5. The van der Waals surface area contributed by atoms with Gasteiger partial charge in [-0.2, -0.15) is 4.31 Å². The Labute approximate surface area is 184 Å². The number of nitrogens with one attached hydrogen (secondary N) is 1. The van der Waals surface area contributed by atoms with Crippen molar-refractivity contribution in [1.82, 2.24) is 13.7 Å². The zero-order chi connectivity index (χ0) is 21.4. The van der Waals surface area contributed by atoms with E-state index in [-0.39, 0.29) is 16.4 Å². The Morgan fingerprint density at radius 2 is 1.81 bits per heavy atom. The summed E-state index contributed by atoms with van der Waals surface area (Å²) >= 11 is 1.48. The summed E-state index contributed by atoms with van der Waals surface area (Å²) in [4.78, 5) is 18.7. The SMILES string of the molecule is O=C(Nc1c(-c2ccccc2)nc2sccn12)c1cccc(S(=O)(=O)N2CCCC2)c1. The molecule has 3 heterocycles. The van der Waals surface area contributed by atoms with E-state index in [9.17, 15) is 13.2 Å². The van der Waals surface area contributed by atoms with Crippen molar-refractivity contribution in [3.63, 3.8) is 0 Å². The van der Waals surface area contributed by atoms with Crippen LogP contribution in [0.5, 0.6) is 0 Å². The van der Waals surface area contributed by atoms with Gasteiger partial charge in [-0.05, 0) is 31.0 Å². The normalized spacial score (nSPS) is 14.8. The van der Waals surface area contributed by atoms with Crippen molar-refractivity contribution in [1.29, 1.82) is 0 Å². The molecule has 2 aromatic carbocycles. The van der Waals surface area contributed by atoms with Crippen LogP contribution in [-0.2, 0) is 10.0 Å². The fourth-order valence-electron chi connectivity index (χ4n) is 3.76. The van der Waals surface area contributed by atoms with Gasteiger partial charge in [0, 0.05) is 35.8 Å². The molecule has 7 nitrogen and oxygen atoms in total. The van der Waals surface area contributed by atoms with Gasteiger partial charge in [0.15, 0.2) is 4.96 Å². The third-order valence-corrected chi connectivity index (χ3v) is 7.99. The minimum Gasteiger partial charge on any atom is -0.306 e. The van der Waals surface area contributed by atoms with E-state index in [4.69, 9.17) is 0 Å². The number of nitrogens with zero attached hydrogens (tertiary/aromatic N) is 3. The molecule has 1 saturated heterocycles. The van der Waals surface area contributed by atoms with Gasteiger partial charge in [-0.3, -0.25) is 9.20 Å². The van der Waals surface area contributed by atoms with Crippen molar-refractivity contribution >= 4 is 38.0 Å². The van der Waals surface area contributed by atoms with Crippen LogP contribution in [0.3, 0.4) is 0 Å². The van der Waals surface area contributed by atoms with Crippen LogP contribution >= 0.6 is 11.3 Å². The molecule has 0 spiro atoms. The lowest BCUT2D eigenvalue weighted by molar-refractivity contribution is 0.102. The Morgan fingerprint density at radius 3 is 2.58 bits per heavy atom. The Balaban J connectivity index is 1.49. The number of fused-ring (bicyclic) bond motifs is 1. The first-order valence-corrected chi connectivity index (χ1v) is 12.3. The van der Waals surface area contributed by atoms with Crippen molar-refractivity contribution in [3.05, 3.63) is 71.7 Å². The standard InChI is InChI=1S/C22H20N4O3S2/c27-21(17-9-6-10-18(15-17)31(28,29)25-11-4-5-12-25)24-20-19(16-7-2-1-3-8-16)23-22-26(20)13-14-30-22/h1-3,6-10,13-15H,4-5,11-12H2,(H,24,27). The number of anilines is 1. The third-order valence-electron chi connectivity index (χ3n) is 5.34. The Morgan fingerprint density at radius 1 is 1.03 bits per heavy atom. The molecule has 0 bridgehead atoms. The fourth-order valence-corrected chi connectivity index (χ4v) is 6.04. The van der Waals surface area contributed by atoms with Gasteiger partial charge in [0.25, 0.3) is 5.91 Å². The summed E-state index contributed by atoms with van der Waals surface area (Å²) in [5.74, 6) is 0.170. The van der Waals surface area contributed by atoms with Crippen LogP contribution in [0, 0.1) is 0 Å². The largest absolute Gasteiger partial charge is 0.306 e. The maximum Gasteiger partial charge on any atom is 0.256 e. The number of benzene rings is 2. The lowest BCUT2D eigenvalue weighted by Crippen LogP contribution is -2.28. The van der Waals surface area contributed by atoms with Crippen LogP contribution in [-0.4, -0.2) is 41.1 Å². The molecule has 0 unspecified atom stereocenters. The highest BCUT2D eigenvalue weighted by Gasteiger charge is 2.28. The van der Waals surface area contributed by atoms with Crippen molar-refractivity contribution in [3.8, 4) is 11.3 Å². The first-order valence-electron chi connectivity index (χ1n) is 9.96. The van der Waals surface area contributed by atoms with Crippen molar-refractivity contribution in [2.45, 2.75) is 17.7 Å². The number of sulfonamides is 1. The highest BCUT2D eigenvalue weighted by atomic mass is 32.2. The summed E-state index contributed by atoms with van der Waals surface area (Å²) in [5, 5.41) is 4.84. The van der Waals surface area contributed by atoms with Gasteiger partial charge in [-0.1, -0.05) is 36.4 Å². The Hall–Kier alpha value is -3.01. The number of carbonyl (C=O) groups excluding carboxylic acids is 1. The molecular weight excluding hydrogens is 432 g/mol. The Bertz CT molecular complexity index is 1350. The van der Waals surface area contributed by atoms with E-state index in [1.54, 1.807) is 12.1 Å². The lowest BCUT2D eigenvalue weighted by Gasteiger charge is -2.16. The first-order chi connectivity index (χ1) is 15.0. The van der Waals surface area contributed by atoms with E-state index < -0.39 is 10.0 Å². The number of hydrogen-bond donors (Lipinski definition) is 1. The predicted octanol–water partition coefficient (Wildman–Crippen LogP) is 4.10. The zero-order valence-electron chi connectivity index (χ0n) is 16.6. The van der Waals surface area contributed by atoms with Crippen LogP contribution < -0.4 is 5.32 Å². The number of amides is 1. The molecule has 0 atom stereocenters. The van der Waals surface area contributed by atoms with Crippen LogP contribution in [0.2, 0.25) is 0 Å². The number of rotatable bonds is 5. The summed E-state index contributed by atoms with van der Waals surface area (Å²) in [6.45, 7) is 1.04. The maximum atomic E-state index is 13.1. The molecule has 1 fully saturated rings. The predicted molar refractivity (Wildman–Crippen MR) is 121 cm³/mol. The summed E-state index contributed by atoms with van der Waals surface area (Å²) in [7, 11) is -3.60. The highest BCUT2D eigenvalue weighted by Crippen LogP contribution is 2.31. The molecule has 158 valence electrons. The van der Waals surface area contributed by atoms with Gasteiger partial charge >= 0.3 is 0 Å². The van der Waals surface area contributed by atoms with E-state index in [1.807, 2.05) is 46.3 Å². The molecule has 0 radical (unpaired) electrons. The monoisotopic (exact) mass is 452 g/mol. The molecular formula is C22H20N4O3S2. The quantitative estimate of drug-likeness (QED) is 0.494. The van der Waals surface area contributed by atoms with E-state index >= 15 is 0 Å². The minimum atomic E-state index is -3.60. The average molecular weight is 453 g/mol. The molecule has 1 N–H and O–H groups in total. The van der Waals surface area contributed by atoms with Gasteiger partial charge in [0.2, 0.25) is 10.0 Å². The number of thiazole rings is 1. The molecule has 31 heavy (non-hydrogen) atoms. The molecule has 5 rings (SSSR count). The minimum absolute atomic E-state index is 0.138. The van der Waals surface area contributed by atoms with E-state index in [0.717, 1.165) is 23.4 Å².